The maximum absolute atomic E-state index is 12.1. The van der Waals surface area contributed by atoms with Crippen LogP contribution in [0, 0.1) is 0 Å². The number of nitrogens with one attached hydrogen (secondary N) is 1. The van der Waals surface area contributed by atoms with Crippen molar-refractivity contribution >= 4 is 23.6 Å². The number of methoxy groups -OCH3 is 1. The highest BCUT2D eigenvalue weighted by Crippen LogP contribution is 2.25. The Labute approximate surface area is 135 Å². The number of carbonyl (C=O) groups is 2. The van der Waals surface area contributed by atoms with E-state index in [0.717, 1.165) is 17.7 Å². The monoisotopic (exact) mass is 325 g/mol. The molecule has 0 aliphatic heterocycles. The van der Waals surface area contributed by atoms with Gasteiger partial charge >= 0.3 is 5.97 Å². The van der Waals surface area contributed by atoms with Crippen LogP contribution in [0.15, 0.2) is 23.1 Å². The zero-order chi connectivity index (χ0) is 16.5. The van der Waals surface area contributed by atoms with Crippen molar-refractivity contribution in [2.24, 2.45) is 0 Å². The molecule has 122 valence electrons. The topological polar surface area (TPSA) is 64.6 Å². The van der Waals surface area contributed by atoms with Gasteiger partial charge in [-0.05, 0) is 37.3 Å². The van der Waals surface area contributed by atoms with E-state index in [1.165, 1.54) is 7.11 Å². The van der Waals surface area contributed by atoms with Crippen LogP contribution in [0.3, 0.4) is 0 Å². The number of hydrogen-bond acceptors (Lipinski definition) is 5. The molecule has 0 aliphatic carbocycles. The van der Waals surface area contributed by atoms with E-state index in [1.54, 1.807) is 23.9 Å². The number of benzene rings is 1. The van der Waals surface area contributed by atoms with Gasteiger partial charge in [0.05, 0.1) is 7.11 Å². The Bertz CT molecular complexity index is 515. The maximum Gasteiger partial charge on any atom is 0.342 e. The summed E-state index contributed by atoms with van der Waals surface area (Å²) in [6, 6.07) is 5.34. The molecule has 22 heavy (non-hydrogen) atoms. The lowest BCUT2D eigenvalue weighted by Crippen LogP contribution is -2.36. The summed E-state index contributed by atoms with van der Waals surface area (Å²) < 4.78 is 10.3. The number of thioether (sulfide) groups is 1. The molecule has 0 fully saturated rings. The zero-order valence-electron chi connectivity index (χ0n) is 13.5. The van der Waals surface area contributed by atoms with Gasteiger partial charge in [-0.25, -0.2) is 4.79 Å². The molecule has 1 aromatic rings. The minimum atomic E-state index is -0.566. The number of ether oxygens (including phenoxy) is 2. The van der Waals surface area contributed by atoms with Crippen LogP contribution in [0.25, 0.3) is 0 Å². The Kier molecular flexibility index (Phi) is 7.80. The predicted molar refractivity (Wildman–Crippen MR) is 87.6 cm³/mol. The number of hydrogen-bond donors (Lipinski definition) is 1. The van der Waals surface area contributed by atoms with E-state index in [2.05, 4.69) is 5.32 Å². The fourth-order valence-corrected chi connectivity index (χ4v) is 2.37. The Balaban J connectivity index is 2.64. The van der Waals surface area contributed by atoms with Crippen molar-refractivity contribution in [2.75, 3.05) is 20.0 Å². The average molecular weight is 325 g/mol. The van der Waals surface area contributed by atoms with E-state index < -0.39 is 5.97 Å². The van der Waals surface area contributed by atoms with Gasteiger partial charge in [0, 0.05) is 10.9 Å². The van der Waals surface area contributed by atoms with Gasteiger partial charge in [-0.1, -0.05) is 13.8 Å². The van der Waals surface area contributed by atoms with Crippen LogP contribution in [-0.2, 0) is 9.53 Å². The van der Waals surface area contributed by atoms with Gasteiger partial charge in [-0.3, -0.25) is 4.79 Å². The van der Waals surface area contributed by atoms with Crippen LogP contribution in [0.1, 0.15) is 37.0 Å². The Morgan fingerprint density at radius 2 is 1.95 bits per heavy atom. The van der Waals surface area contributed by atoms with E-state index in [9.17, 15) is 9.59 Å². The minimum Gasteiger partial charge on any atom is -0.496 e. The third-order valence-corrected chi connectivity index (χ3v) is 4.04. The third-order valence-electron chi connectivity index (χ3n) is 3.31. The minimum absolute atomic E-state index is 0.113. The van der Waals surface area contributed by atoms with Crippen molar-refractivity contribution in [3.05, 3.63) is 23.8 Å². The number of carbonyl (C=O) groups excluding carboxylic acids is 2. The first-order valence-electron chi connectivity index (χ1n) is 7.24. The van der Waals surface area contributed by atoms with Crippen molar-refractivity contribution in [3.8, 4) is 5.75 Å². The smallest absolute Gasteiger partial charge is 0.342 e. The number of esters is 1. The zero-order valence-corrected chi connectivity index (χ0v) is 14.3. The number of amides is 1. The van der Waals surface area contributed by atoms with Crippen LogP contribution in [0.2, 0.25) is 0 Å². The fraction of sp³-hybridized carbons (Fsp3) is 0.500. The summed E-state index contributed by atoms with van der Waals surface area (Å²) in [6.45, 7) is 3.71. The van der Waals surface area contributed by atoms with Gasteiger partial charge < -0.3 is 14.8 Å². The molecule has 0 spiro atoms. The molecular formula is C16H23NO4S. The SMILES string of the molecule is CCC(CC)NC(=O)COC(=O)c1ccc(SC)cc1OC. The van der Waals surface area contributed by atoms with Crippen molar-refractivity contribution in [1.29, 1.82) is 0 Å². The highest BCUT2D eigenvalue weighted by molar-refractivity contribution is 7.98. The Morgan fingerprint density at radius 3 is 2.50 bits per heavy atom. The molecule has 5 nitrogen and oxygen atoms in total. The van der Waals surface area contributed by atoms with Crippen molar-refractivity contribution < 1.29 is 19.1 Å². The largest absolute Gasteiger partial charge is 0.496 e. The molecule has 1 aromatic carbocycles. The molecule has 0 aromatic heterocycles. The summed E-state index contributed by atoms with van der Waals surface area (Å²) in [4.78, 5) is 24.8. The first-order chi connectivity index (χ1) is 10.5. The Hall–Kier alpha value is -1.69. The highest BCUT2D eigenvalue weighted by Gasteiger charge is 2.16. The van der Waals surface area contributed by atoms with Crippen molar-refractivity contribution in [2.45, 2.75) is 37.6 Å². The molecule has 1 N–H and O–H groups in total. The van der Waals surface area contributed by atoms with E-state index in [4.69, 9.17) is 9.47 Å². The second-order valence-corrected chi connectivity index (χ2v) is 5.60. The summed E-state index contributed by atoms with van der Waals surface area (Å²) in [5, 5.41) is 2.82. The fourth-order valence-electron chi connectivity index (χ4n) is 1.94. The normalized spacial score (nSPS) is 10.4. The van der Waals surface area contributed by atoms with Crippen LogP contribution in [-0.4, -0.2) is 37.9 Å². The van der Waals surface area contributed by atoms with Crippen molar-refractivity contribution in [1.82, 2.24) is 5.32 Å². The molecule has 0 atom stereocenters. The summed E-state index contributed by atoms with van der Waals surface area (Å²) >= 11 is 1.55. The third kappa shape index (κ3) is 5.26. The summed E-state index contributed by atoms with van der Waals surface area (Å²) in [5.74, 6) is -0.414. The molecule has 0 heterocycles. The van der Waals surface area contributed by atoms with E-state index in [-0.39, 0.29) is 18.6 Å². The molecule has 0 aliphatic rings. The first-order valence-corrected chi connectivity index (χ1v) is 8.46. The van der Waals surface area contributed by atoms with E-state index >= 15 is 0 Å². The predicted octanol–water partition coefficient (Wildman–Crippen LogP) is 2.88. The van der Waals surface area contributed by atoms with Crippen LogP contribution >= 0.6 is 11.8 Å². The van der Waals surface area contributed by atoms with Gasteiger partial charge in [0.15, 0.2) is 6.61 Å². The number of rotatable bonds is 8. The first kappa shape index (κ1) is 18.4. The van der Waals surface area contributed by atoms with Crippen molar-refractivity contribution in [3.63, 3.8) is 0 Å². The molecule has 0 bridgehead atoms. The average Bonchev–Trinajstić information content (AvgIpc) is 2.56. The van der Waals surface area contributed by atoms with Crippen LogP contribution in [0.4, 0.5) is 0 Å². The molecule has 0 unspecified atom stereocenters. The molecule has 1 rings (SSSR count). The highest BCUT2D eigenvalue weighted by atomic mass is 32.2. The van der Waals surface area contributed by atoms with Gasteiger partial charge in [0.1, 0.15) is 11.3 Å². The van der Waals surface area contributed by atoms with E-state index in [1.807, 2.05) is 26.2 Å². The standard InChI is InChI=1S/C16H23NO4S/c1-5-11(6-2)17-15(18)10-21-16(19)13-8-7-12(22-4)9-14(13)20-3/h7-9,11H,5-6,10H2,1-4H3,(H,17,18). The maximum atomic E-state index is 12.1. The second-order valence-electron chi connectivity index (χ2n) is 4.72. The lowest BCUT2D eigenvalue weighted by Gasteiger charge is -2.15. The molecule has 6 heteroatoms. The summed E-state index contributed by atoms with van der Waals surface area (Å²) in [6.07, 6.45) is 3.63. The second kappa shape index (κ2) is 9.35. The quantitative estimate of drug-likeness (QED) is 0.588. The van der Waals surface area contributed by atoms with Gasteiger partial charge in [-0.15, -0.1) is 11.8 Å². The lowest BCUT2D eigenvalue weighted by molar-refractivity contribution is -0.125. The molecule has 0 saturated carbocycles. The molecule has 0 radical (unpaired) electrons. The van der Waals surface area contributed by atoms with E-state index in [0.29, 0.717) is 11.3 Å². The van der Waals surface area contributed by atoms with Gasteiger partial charge in [0.25, 0.3) is 5.91 Å². The Morgan fingerprint density at radius 1 is 1.27 bits per heavy atom. The molecular weight excluding hydrogens is 302 g/mol. The molecule has 0 saturated heterocycles. The summed E-state index contributed by atoms with van der Waals surface area (Å²) in [5.41, 5.74) is 0.315. The van der Waals surface area contributed by atoms with Gasteiger partial charge in [0.2, 0.25) is 0 Å². The van der Waals surface area contributed by atoms with Gasteiger partial charge in [-0.2, -0.15) is 0 Å². The lowest BCUT2D eigenvalue weighted by atomic mass is 10.2. The van der Waals surface area contributed by atoms with Crippen LogP contribution < -0.4 is 10.1 Å². The summed E-state index contributed by atoms with van der Waals surface area (Å²) in [7, 11) is 1.50. The molecule has 1 amide bonds. The van der Waals surface area contributed by atoms with Crippen LogP contribution in [0.5, 0.6) is 5.75 Å².